The van der Waals surface area contributed by atoms with E-state index in [4.69, 9.17) is 4.74 Å². The van der Waals surface area contributed by atoms with Gasteiger partial charge in [-0.15, -0.1) is 0 Å². The average Bonchev–Trinajstić information content (AvgIpc) is 2.56. The Balaban J connectivity index is 1.97. The number of hydrogen-bond donors (Lipinski definition) is 2. The minimum absolute atomic E-state index is 0.00106. The number of amides is 1. The molecule has 23 heavy (non-hydrogen) atoms. The third-order valence-electron chi connectivity index (χ3n) is 4.63. The molecule has 0 aromatic heterocycles. The number of benzene rings is 1. The van der Waals surface area contributed by atoms with Crippen molar-refractivity contribution in [1.82, 2.24) is 5.32 Å². The highest BCUT2D eigenvalue weighted by Gasteiger charge is 2.22. The van der Waals surface area contributed by atoms with Crippen LogP contribution in [0.5, 0.6) is 0 Å². The molecule has 1 heterocycles. The van der Waals surface area contributed by atoms with E-state index in [0.717, 1.165) is 31.5 Å². The zero-order valence-electron chi connectivity index (χ0n) is 14.1. The molecule has 1 saturated heterocycles. The fourth-order valence-corrected chi connectivity index (χ4v) is 3.08. The highest BCUT2D eigenvalue weighted by Crippen LogP contribution is 2.25. The van der Waals surface area contributed by atoms with Crippen molar-refractivity contribution in [2.24, 2.45) is 11.8 Å². The molecule has 2 N–H and O–H groups in total. The average molecular weight is 318 g/mol. The molecule has 1 aromatic carbocycles. The molecular formula is C18H26N2O3. The summed E-state index contributed by atoms with van der Waals surface area (Å²) in [6.45, 7) is 6.13. The lowest BCUT2D eigenvalue weighted by Gasteiger charge is -2.28. The van der Waals surface area contributed by atoms with E-state index < -0.39 is 5.97 Å². The third-order valence-corrected chi connectivity index (χ3v) is 4.63. The largest absolute Gasteiger partial charge is 0.465 e. The third kappa shape index (κ3) is 4.79. The first-order chi connectivity index (χ1) is 11.0. The van der Waals surface area contributed by atoms with Crippen LogP contribution >= 0.6 is 0 Å². The molecule has 126 valence electrons. The number of piperidine rings is 1. The summed E-state index contributed by atoms with van der Waals surface area (Å²) < 4.78 is 4.72. The number of carbonyl (C=O) groups is 2. The minimum atomic E-state index is -0.399. The SMILES string of the molecule is COC(=O)c1ccc(C)c(NC(=O)CC(C)C2CCNCC2)c1. The molecule has 2 rings (SSSR count). The lowest BCUT2D eigenvalue weighted by Crippen LogP contribution is -2.32. The van der Waals surface area contributed by atoms with Crippen molar-refractivity contribution in [3.8, 4) is 0 Å². The zero-order valence-corrected chi connectivity index (χ0v) is 14.1. The second-order valence-electron chi connectivity index (χ2n) is 6.34. The molecule has 1 amide bonds. The normalized spacial score (nSPS) is 16.7. The van der Waals surface area contributed by atoms with E-state index in [0.29, 0.717) is 29.5 Å². The molecule has 1 fully saturated rings. The van der Waals surface area contributed by atoms with Gasteiger partial charge in [0.2, 0.25) is 5.91 Å². The van der Waals surface area contributed by atoms with E-state index in [1.807, 2.05) is 13.0 Å². The number of hydrogen-bond acceptors (Lipinski definition) is 4. The second-order valence-corrected chi connectivity index (χ2v) is 6.34. The van der Waals surface area contributed by atoms with Gasteiger partial charge >= 0.3 is 5.97 Å². The summed E-state index contributed by atoms with van der Waals surface area (Å²) in [4.78, 5) is 23.9. The fraction of sp³-hybridized carbons (Fsp3) is 0.556. The van der Waals surface area contributed by atoms with Gasteiger partial charge in [0.1, 0.15) is 0 Å². The summed E-state index contributed by atoms with van der Waals surface area (Å²) in [5, 5.41) is 6.29. The number of ether oxygens (including phenoxy) is 1. The molecule has 1 atom stereocenters. The Labute approximate surface area is 137 Å². The van der Waals surface area contributed by atoms with Crippen LogP contribution in [0.2, 0.25) is 0 Å². The lowest BCUT2D eigenvalue weighted by atomic mass is 9.84. The Hall–Kier alpha value is -1.88. The lowest BCUT2D eigenvalue weighted by molar-refractivity contribution is -0.117. The second kappa shape index (κ2) is 8.11. The molecular weight excluding hydrogens is 292 g/mol. The smallest absolute Gasteiger partial charge is 0.337 e. The highest BCUT2D eigenvalue weighted by atomic mass is 16.5. The number of anilines is 1. The van der Waals surface area contributed by atoms with Crippen molar-refractivity contribution in [2.75, 3.05) is 25.5 Å². The van der Waals surface area contributed by atoms with Crippen LogP contribution < -0.4 is 10.6 Å². The molecule has 0 spiro atoms. The Morgan fingerprint density at radius 1 is 1.35 bits per heavy atom. The topological polar surface area (TPSA) is 67.4 Å². The number of nitrogens with one attached hydrogen (secondary N) is 2. The van der Waals surface area contributed by atoms with E-state index in [9.17, 15) is 9.59 Å². The quantitative estimate of drug-likeness (QED) is 0.819. The molecule has 5 nitrogen and oxygen atoms in total. The number of esters is 1. The molecule has 1 aromatic rings. The van der Waals surface area contributed by atoms with E-state index >= 15 is 0 Å². The first kappa shape index (κ1) is 17.5. The van der Waals surface area contributed by atoms with Gasteiger partial charge in [0.05, 0.1) is 12.7 Å². The van der Waals surface area contributed by atoms with Crippen molar-refractivity contribution in [3.63, 3.8) is 0 Å². The Morgan fingerprint density at radius 2 is 2.04 bits per heavy atom. The Morgan fingerprint density at radius 3 is 2.70 bits per heavy atom. The highest BCUT2D eigenvalue weighted by molar-refractivity contribution is 5.95. The minimum Gasteiger partial charge on any atom is -0.465 e. The molecule has 5 heteroatoms. The van der Waals surface area contributed by atoms with Gasteiger partial charge in [0.25, 0.3) is 0 Å². The first-order valence-corrected chi connectivity index (χ1v) is 8.20. The van der Waals surface area contributed by atoms with Crippen LogP contribution in [0, 0.1) is 18.8 Å². The Kier molecular flexibility index (Phi) is 6.16. The predicted octanol–water partition coefficient (Wildman–Crippen LogP) is 2.75. The molecule has 0 saturated carbocycles. The molecule has 0 aliphatic carbocycles. The van der Waals surface area contributed by atoms with Crippen LogP contribution in [-0.2, 0) is 9.53 Å². The van der Waals surface area contributed by atoms with Crippen LogP contribution in [-0.4, -0.2) is 32.1 Å². The van der Waals surface area contributed by atoms with Gasteiger partial charge < -0.3 is 15.4 Å². The van der Waals surface area contributed by atoms with Gasteiger partial charge in [0.15, 0.2) is 0 Å². The van der Waals surface area contributed by atoms with E-state index in [1.165, 1.54) is 7.11 Å². The fourth-order valence-electron chi connectivity index (χ4n) is 3.08. The maximum atomic E-state index is 12.3. The van der Waals surface area contributed by atoms with Crippen molar-refractivity contribution in [1.29, 1.82) is 0 Å². The van der Waals surface area contributed by atoms with Crippen molar-refractivity contribution in [3.05, 3.63) is 29.3 Å². The van der Waals surface area contributed by atoms with Crippen LogP contribution in [0.15, 0.2) is 18.2 Å². The van der Waals surface area contributed by atoms with Crippen LogP contribution in [0.4, 0.5) is 5.69 Å². The molecule has 1 unspecified atom stereocenters. The van der Waals surface area contributed by atoms with Crippen molar-refractivity contribution < 1.29 is 14.3 Å². The summed E-state index contributed by atoms with van der Waals surface area (Å²) in [6, 6.07) is 5.20. The van der Waals surface area contributed by atoms with Crippen molar-refractivity contribution >= 4 is 17.6 Å². The van der Waals surface area contributed by atoms with Crippen LogP contribution in [0.1, 0.15) is 42.1 Å². The van der Waals surface area contributed by atoms with Gasteiger partial charge in [0, 0.05) is 12.1 Å². The molecule has 1 aliphatic heterocycles. The summed E-state index contributed by atoms with van der Waals surface area (Å²) >= 11 is 0. The van der Waals surface area contributed by atoms with Gasteiger partial charge in [-0.2, -0.15) is 0 Å². The Bertz CT molecular complexity index is 565. The van der Waals surface area contributed by atoms with E-state index in [2.05, 4.69) is 17.6 Å². The summed E-state index contributed by atoms with van der Waals surface area (Å²) in [5.74, 6) is 0.565. The van der Waals surface area contributed by atoms with Gasteiger partial charge in [-0.1, -0.05) is 13.0 Å². The van der Waals surface area contributed by atoms with Crippen LogP contribution in [0.3, 0.4) is 0 Å². The van der Waals surface area contributed by atoms with E-state index in [1.54, 1.807) is 12.1 Å². The molecule has 1 aliphatic rings. The summed E-state index contributed by atoms with van der Waals surface area (Å²) in [6.07, 6.45) is 2.77. The van der Waals surface area contributed by atoms with Gasteiger partial charge in [-0.25, -0.2) is 4.79 Å². The van der Waals surface area contributed by atoms with E-state index in [-0.39, 0.29) is 5.91 Å². The van der Waals surface area contributed by atoms with Gasteiger partial charge in [-0.05, 0) is 62.4 Å². The summed E-state index contributed by atoms with van der Waals surface area (Å²) in [7, 11) is 1.35. The molecule has 0 radical (unpaired) electrons. The number of carbonyl (C=O) groups excluding carboxylic acids is 2. The maximum absolute atomic E-state index is 12.3. The maximum Gasteiger partial charge on any atom is 0.337 e. The number of aryl methyl sites for hydroxylation is 1. The first-order valence-electron chi connectivity index (χ1n) is 8.20. The zero-order chi connectivity index (χ0) is 16.8. The standard InChI is InChI=1S/C18H26N2O3/c1-12-4-5-15(18(22)23-3)11-16(12)20-17(21)10-13(2)14-6-8-19-9-7-14/h4-5,11,13-14,19H,6-10H2,1-3H3,(H,20,21). The number of rotatable bonds is 5. The molecule has 0 bridgehead atoms. The monoisotopic (exact) mass is 318 g/mol. The predicted molar refractivity (Wildman–Crippen MR) is 90.5 cm³/mol. The van der Waals surface area contributed by atoms with Gasteiger partial charge in [-0.3, -0.25) is 4.79 Å². The summed E-state index contributed by atoms with van der Waals surface area (Å²) in [5.41, 5.74) is 2.05. The number of methoxy groups -OCH3 is 1. The van der Waals surface area contributed by atoms with Crippen molar-refractivity contribution in [2.45, 2.75) is 33.1 Å². The van der Waals surface area contributed by atoms with Crippen LogP contribution in [0.25, 0.3) is 0 Å².